The number of para-hydroxylation sites is 1. The number of ether oxygens (including phenoxy) is 1. The van der Waals surface area contributed by atoms with Crippen molar-refractivity contribution in [2.75, 3.05) is 5.32 Å². The highest BCUT2D eigenvalue weighted by Gasteiger charge is 2.19. The molecule has 156 valence electrons. The normalized spacial score (nSPS) is 10.7. The fraction of sp³-hybridized carbons (Fsp3) is 0.0833. The number of aromatic nitrogens is 2. The van der Waals surface area contributed by atoms with Crippen LogP contribution in [0.25, 0.3) is 5.69 Å². The predicted molar refractivity (Wildman–Crippen MR) is 117 cm³/mol. The zero-order valence-corrected chi connectivity index (χ0v) is 16.9. The van der Waals surface area contributed by atoms with Crippen LogP contribution in [-0.2, 0) is 6.54 Å². The number of carbonyl (C=O) groups excluding carboxylic acids is 1. The summed E-state index contributed by atoms with van der Waals surface area (Å²) in [5, 5.41) is 7.04. The van der Waals surface area contributed by atoms with Crippen molar-refractivity contribution in [3.8, 4) is 17.2 Å². The molecular formula is C24H21FN4O2. The quantitative estimate of drug-likeness (QED) is 0.472. The summed E-state index contributed by atoms with van der Waals surface area (Å²) >= 11 is 0. The molecular weight excluding hydrogens is 395 g/mol. The van der Waals surface area contributed by atoms with Crippen molar-refractivity contribution in [3.63, 3.8) is 0 Å². The van der Waals surface area contributed by atoms with E-state index in [1.54, 1.807) is 43.3 Å². The van der Waals surface area contributed by atoms with Gasteiger partial charge in [0.2, 0.25) is 0 Å². The largest absolute Gasteiger partial charge is 0.454 e. The van der Waals surface area contributed by atoms with Gasteiger partial charge in [-0.1, -0.05) is 36.4 Å². The molecule has 6 nitrogen and oxygen atoms in total. The molecule has 3 aromatic carbocycles. The molecule has 1 amide bonds. The fourth-order valence-electron chi connectivity index (χ4n) is 3.16. The Kier molecular flexibility index (Phi) is 5.77. The van der Waals surface area contributed by atoms with E-state index in [0.717, 1.165) is 5.56 Å². The topological polar surface area (TPSA) is 82.2 Å². The average Bonchev–Trinajstić information content (AvgIpc) is 3.19. The van der Waals surface area contributed by atoms with Crippen molar-refractivity contribution in [2.45, 2.75) is 13.5 Å². The van der Waals surface area contributed by atoms with E-state index < -0.39 is 11.7 Å². The van der Waals surface area contributed by atoms with Crippen LogP contribution in [-0.4, -0.2) is 15.7 Å². The van der Waals surface area contributed by atoms with Crippen LogP contribution < -0.4 is 15.8 Å². The Morgan fingerprint density at radius 2 is 1.84 bits per heavy atom. The molecule has 7 heteroatoms. The van der Waals surface area contributed by atoms with E-state index in [2.05, 4.69) is 10.4 Å². The third-order valence-corrected chi connectivity index (χ3v) is 4.64. The number of amides is 1. The Morgan fingerprint density at radius 3 is 2.61 bits per heavy atom. The highest BCUT2D eigenvalue weighted by atomic mass is 19.1. The summed E-state index contributed by atoms with van der Waals surface area (Å²) in [6.07, 6.45) is 0. The Hall–Kier alpha value is -3.97. The maximum atomic E-state index is 15.0. The molecule has 0 fully saturated rings. The molecule has 1 aromatic heterocycles. The average molecular weight is 416 g/mol. The second kappa shape index (κ2) is 8.81. The van der Waals surface area contributed by atoms with Gasteiger partial charge in [-0.05, 0) is 55.0 Å². The number of hydrogen-bond donors (Lipinski definition) is 2. The lowest BCUT2D eigenvalue weighted by atomic mass is 10.2. The number of rotatable bonds is 6. The highest BCUT2D eigenvalue weighted by Crippen LogP contribution is 2.29. The van der Waals surface area contributed by atoms with Gasteiger partial charge in [0.25, 0.3) is 5.91 Å². The van der Waals surface area contributed by atoms with E-state index in [1.807, 2.05) is 30.3 Å². The molecule has 3 N–H and O–H groups in total. The van der Waals surface area contributed by atoms with Gasteiger partial charge in [-0.3, -0.25) is 4.79 Å². The monoisotopic (exact) mass is 416 g/mol. The van der Waals surface area contributed by atoms with Gasteiger partial charge in [0.05, 0.1) is 17.1 Å². The zero-order valence-electron chi connectivity index (χ0n) is 16.9. The van der Waals surface area contributed by atoms with Crippen LogP contribution >= 0.6 is 0 Å². The highest BCUT2D eigenvalue weighted by molar-refractivity contribution is 6.03. The van der Waals surface area contributed by atoms with Gasteiger partial charge >= 0.3 is 0 Å². The zero-order chi connectivity index (χ0) is 21.8. The standard InChI is InChI=1S/C24H21FN4O2/c1-16-13-21(29(28-16)18-8-5-7-17(14-18)15-26)24(30)27-20-11-6-12-22(23(20)25)31-19-9-3-2-4-10-19/h2-14H,15,26H2,1H3,(H,27,30). The van der Waals surface area contributed by atoms with Crippen LogP contribution in [0, 0.1) is 12.7 Å². The molecule has 0 aliphatic heterocycles. The number of anilines is 1. The van der Waals surface area contributed by atoms with Gasteiger partial charge in [0.1, 0.15) is 11.4 Å². The molecule has 0 saturated heterocycles. The van der Waals surface area contributed by atoms with Crippen molar-refractivity contribution in [1.29, 1.82) is 0 Å². The van der Waals surface area contributed by atoms with E-state index >= 15 is 0 Å². The molecule has 0 saturated carbocycles. The molecule has 0 aliphatic carbocycles. The summed E-state index contributed by atoms with van der Waals surface area (Å²) in [6.45, 7) is 2.16. The Morgan fingerprint density at radius 1 is 1.06 bits per heavy atom. The minimum absolute atomic E-state index is 0.0135. The number of nitrogens with one attached hydrogen (secondary N) is 1. The second-order valence-electron chi connectivity index (χ2n) is 6.94. The summed E-state index contributed by atoms with van der Waals surface area (Å²) in [7, 11) is 0. The van der Waals surface area contributed by atoms with Crippen molar-refractivity contribution in [3.05, 3.63) is 102 Å². The minimum atomic E-state index is -0.660. The number of halogens is 1. The molecule has 0 spiro atoms. The van der Waals surface area contributed by atoms with Gasteiger partial charge < -0.3 is 15.8 Å². The Balaban J connectivity index is 1.61. The molecule has 0 bridgehead atoms. The van der Waals surface area contributed by atoms with Crippen LogP contribution in [0.4, 0.5) is 10.1 Å². The first-order valence-electron chi connectivity index (χ1n) is 9.74. The smallest absolute Gasteiger partial charge is 0.274 e. The SMILES string of the molecule is Cc1cc(C(=O)Nc2cccc(Oc3ccccc3)c2F)n(-c2cccc(CN)c2)n1. The van der Waals surface area contributed by atoms with Gasteiger partial charge in [-0.15, -0.1) is 0 Å². The van der Waals surface area contributed by atoms with Gasteiger partial charge in [0, 0.05) is 6.54 Å². The number of benzene rings is 3. The molecule has 0 atom stereocenters. The summed E-state index contributed by atoms with van der Waals surface area (Å²) in [6, 6.07) is 22.6. The molecule has 4 rings (SSSR count). The van der Waals surface area contributed by atoms with Crippen molar-refractivity contribution in [2.24, 2.45) is 5.73 Å². The van der Waals surface area contributed by atoms with E-state index in [9.17, 15) is 9.18 Å². The molecule has 1 heterocycles. The number of aryl methyl sites for hydroxylation is 1. The van der Waals surface area contributed by atoms with Crippen LogP contribution in [0.2, 0.25) is 0 Å². The summed E-state index contributed by atoms with van der Waals surface area (Å²) < 4.78 is 22.1. The molecule has 0 aliphatic rings. The van der Waals surface area contributed by atoms with Gasteiger partial charge in [0.15, 0.2) is 11.6 Å². The van der Waals surface area contributed by atoms with Crippen molar-refractivity contribution >= 4 is 11.6 Å². The lowest BCUT2D eigenvalue weighted by molar-refractivity contribution is 0.101. The van der Waals surface area contributed by atoms with Gasteiger partial charge in [-0.25, -0.2) is 9.07 Å². The van der Waals surface area contributed by atoms with Crippen molar-refractivity contribution in [1.82, 2.24) is 9.78 Å². The lowest BCUT2D eigenvalue weighted by Gasteiger charge is -2.12. The summed E-state index contributed by atoms with van der Waals surface area (Å²) in [5.41, 5.74) is 8.28. The third kappa shape index (κ3) is 4.46. The minimum Gasteiger partial charge on any atom is -0.454 e. The maximum Gasteiger partial charge on any atom is 0.274 e. The van der Waals surface area contributed by atoms with Crippen LogP contribution in [0.5, 0.6) is 11.5 Å². The summed E-state index contributed by atoms with van der Waals surface area (Å²) in [4.78, 5) is 13.0. The van der Waals surface area contributed by atoms with Gasteiger partial charge in [-0.2, -0.15) is 5.10 Å². The van der Waals surface area contributed by atoms with E-state index in [1.165, 1.54) is 16.8 Å². The van der Waals surface area contributed by atoms with Crippen LogP contribution in [0.15, 0.2) is 78.9 Å². The first-order valence-corrected chi connectivity index (χ1v) is 9.74. The number of carbonyl (C=O) groups is 1. The lowest BCUT2D eigenvalue weighted by Crippen LogP contribution is -2.18. The first kappa shape index (κ1) is 20.3. The van der Waals surface area contributed by atoms with E-state index in [4.69, 9.17) is 10.5 Å². The number of nitrogens with two attached hydrogens (primary N) is 1. The third-order valence-electron chi connectivity index (χ3n) is 4.64. The maximum absolute atomic E-state index is 15.0. The van der Waals surface area contributed by atoms with E-state index in [0.29, 0.717) is 23.7 Å². The second-order valence-corrected chi connectivity index (χ2v) is 6.94. The number of hydrogen-bond acceptors (Lipinski definition) is 4. The molecule has 0 unspecified atom stereocenters. The Bertz CT molecular complexity index is 1220. The predicted octanol–water partition coefficient (Wildman–Crippen LogP) is 4.82. The van der Waals surface area contributed by atoms with Crippen molar-refractivity contribution < 1.29 is 13.9 Å². The van der Waals surface area contributed by atoms with E-state index in [-0.39, 0.29) is 17.1 Å². The fourth-order valence-corrected chi connectivity index (χ4v) is 3.16. The Labute approximate surface area is 179 Å². The molecule has 0 radical (unpaired) electrons. The summed E-state index contributed by atoms with van der Waals surface area (Å²) in [5.74, 6) is -0.634. The number of nitrogens with zero attached hydrogens (tertiary/aromatic N) is 2. The molecule has 31 heavy (non-hydrogen) atoms. The molecule has 4 aromatic rings. The van der Waals surface area contributed by atoms with Crippen LogP contribution in [0.1, 0.15) is 21.7 Å². The van der Waals surface area contributed by atoms with Crippen LogP contribution in [0.3, 0.4) is 0 Å². The first-order chi connectivity index (χ1) is 15.0.